The highest BCUT2D eigenvalue weighted by molar-refractivity contribution is 5.77. The van der Waals surface area contributed by atoms with E-state index in [-0.39, 0.29) is 11.9 Å². The number of rotatable bonds is 3. The van der Waals surface area contributed by atoms with Gasteiger partial charge in [-0.1, -0.05) is 12.1 Å². The van der Waals surface area contributed by atoms with Gasteiger partial charge in [-0.25, -0.2) is 0 Å². The van der Waals surface area contributed by atoms with E-state index in [0.29, 0.717) is 18.1 Å². The van der Waals surface area contributed by atoms with Crippen LogP contribution in [0.4, 0.5) is 0 Å². The van der Waals surface area contributed by atoms with E-state index in [2.05, 4.69) is 5.32 Å². The molecule has 0 unspecified atom stereocenters. The van der Waals surface area contributed by atoms with E-state index in [0.717, 1.165) is 30.4 Å². The quantitative estimate of drug-likeness (QED) is 0.860. The highest BCUT2D eigenvalue weighted by atomic mass is 16.3. The standard InChI is InChI=1S/C15H19NO2/c17-14-6-2-3-11-12(14)4-1-5-13(11)16-15(18)9-10-7-8-10/h2-3,6,10,13,17H,1,4-5,7-9H2,(H,16,18)/t13-/m0/s1. The first-order chi connectivity index (χ1) is 8.74. The number of carbonyl (C=O) groups excluding carboxylic acids is 1. The third-order valence-electron chi connectivity index (χ3n) is 3.99. The zero-order valence-electron chi connectivity index (χ0n) is 10.5. The Labute approximate surface area is 107 Å². The minimum atomic E-state index is 0.0899. The van der Waals surface area contributed by atoms with Gasteiger partial charge in [0.15, 0.2) is 0 Å². The number of carbonyl (C=O) groups is 1. The summed E-state index contributed by atoms with van der Waals surface area (Å²) >= 11 is 0. The SMILES string of the molecule is O=C(CC1CC1)N[C@H]1CCCc2c(O)cccc21. The monoisotopic (exact) mass is 245 g/mol. The second-order valence-corrected chi connectivity index (χ2v) is 5.50. The maximum Gasteiger partial charge on any atom is 0.220 e. The van der Waals surface area contributed by atoms with Gasteiger partial charge in [-0.05, 0) is 55.2 Å². The molecule has 3 rings (SSSR count). The Hall–Kier alpha value is -1.51. The predicted molar refractivity (Wildman–Crippen MR) is 69.3 cm³/mol. The second-order valence-electron chi connectivity index (χ2n) is 5.50. The number of hydrogen-bond acceptors (Lipinski definition) is 2. The molecule has 0 bridgehead atoms. The van der Waals surface area contributed by atoms with Crippen LogP contribution in [0.25, 0.3) is 0 Å². The first-order valence-electron chi connectivity index (χ1n) is 6.84. The Kier molecular flexibility index (Phi) is 2.98. The zero-order chi connectivity index (χ0) is 12.5. The van der Waals surface area contributed by atoms with Crippen LogP contribution >= 0.6 is 0 Å². The van der Waals surface area contributed by atoms with Crippen LogP contribution in [0.5, 0.6) is 5.75 Å². The summed E-state index contributed by atoms with van der Waals surface area (Å²) in [7, 11) is 0. The van der Waals surface area contributed by atoms with E-state index in [1.165, 1.54) is 12.8 Å². The Bertz CT molecular complexity index is 466. The van der Waals surface area contributed by atoms with Crippen molar-refractivity contribution in [3.05, 3.63) is 29.3 Å². The normalized spacial score (nSPS) is 22.3. The van der Waals surface area contributed by atoms with Gasteiger partial charge in [0, 0.05) is 6.42 Å². The maximum atomic E-state index is 11.9. The highest BCUT2D eigenvalue weighted by Crippen LogP contribution is 2.36. The third kappa shape index (κ3) is 2.35. The van der Waals surface area contributed by atoms with Crippen molar-refractivity contribution in [2.45, 2.75) is 44.6 Å². The largest absolute Gasteiger partial charge is 0.508 e. The van der Waals surface area contributed by atoms with Crippen LogP contribution in [0.1, 0.15) is 49.3 Å². The van der Waals surface area contributed by atoms with E-state index >= 15 is 0 Å². The van der Waals surface area contributed by atoms with Crippen molar-refractivity contribution >= 4 is 5.91 Å². The molecule has 1 aromatic rings. The predicted octanol–water partition coefficient (Wildman–Crippen LogP) is 2.69. The molecule has 0 saturated heterocycles. The zero-order valence-corrected chi connectivity index (χ0v) is 10.5. The summed E-state index contributed by atoms with van der Waals surface area (Å²) in [5.74, 6) is 1.16. The van der Waals surface area contributed by atoms with Crippen LogP contribution in [0, 0.1) is 5.92 Å². The van der Waals surface area contributed by atoms with Crippen molar-refractivity contribution in [3.63, 3.8) is 0 Å². The summed E-state index contributed by atoms with van der Waals surface area (Å²) in [5, 5.41) is 13.0. The van der Waals surface area contributed by atoms with E-state index < -0.39 is 0 Å². The van der Waals surface area contributed by atoms with Crippen molar-refractivity contribution in [2.75, 3.05) is 0 Å². The Morgan fingerprint density at radius 2 is 2.17 bits per heavy atom. The summed E-state index contributed by atoms with van der Waals surface area (Å²) in [6.45, 7) is 0. The van der Waals surface area contributed by atoms with Crippen LogP contribution in [-0.2, 0) is 11.2 Å². The molecule has 1 atom stereocenters. The molecule has 1 amide bonds. The number of benzene rings is 1. The summed E-state index contributed by atoms with van der Waals surface area (Å²) in [6.07, 6.45) is 6.00. The fraction of sp³-hybridized carbons (Fsp3) is 0.533. The fourth-order valence-electron chi connectivity index (χ4n) is 2.82. The molecule has 0 aromatic heterocycles. The van der Waals surface area contributed by atoms with E-state index in [1.54, 1.807) is 6.07 Å². The van der Waals surface area contributed by atoms with Gasteiger partial charge >= 0.3 is 0 Å². The smallest absolute Gasteiger partial charge is 0.220 e. The number of phenolic OH excluding ortho intramolecular Hbond substituents is 1. The average Bonchev–Trinajstić information content (AvgIpc) is 3.14. The molecular weight excluding hydrogens is 226 g/mol. The first-order valence-corrected chi connectivity index (χ1v) is 6.84. The van der Waals surface area contributed by atoms with Gasteiger partial charge in [-0.2, -0.15) is 0 Å². The summed E-state index contributed by atoms with van der Waals surface area (Å²) in [6, 6.07) is 5.70. The number of aromatic hydroxyl groups is 1. The molecule has 18 heavy (non-hydrogen) atoms. The topological polar surface area (TPSA) is 49.3 Å². The van der Waals surface area contributed by atoms with Gasteiger partial charge < -0.3 is 10.4 Å². The number of fused-ring (bicyclic) bond motifs is 1. The van der Waals surface area contributed by atoms with Crippen LogP contribution in [0.15, 0.2) is 18.2 Å². The molecule has 0 heterocycles. The van der Waals surface area contributed by atoms with Gasteiger partial charge in [0.1, 0.15) is 5.75 Å². The molecule has 3 heteroatoms. The van der Waals surface area contributed by atoms with Crippen LogP contribution < -0.4 is 5.32 Å². The molecule has 0 spiro atoms. The average molecular weight is 245 g/mol. The minimum Gasteiger partial charge on any atom is -0.508 e. The molecule has 2 aliphatic rings. The molecule has 1 aromatic carbocycles. The molecule has 1 fully saturated rings. The molecule has 2 N–H and O–H groups in total. The van der Waals surface area contributed by atoms with E-state index in [1.807, 2.05) is 12.1 Å². The number of amides is 1. The maximum absolute atomic E-state index is 11.9. The lowest BCUT2D eigenvalue weighted by molar-refractivity contribution is -0.122. The Morgan fingerprint density at radius 3 is 2.94 bits per heavy atom. The third-order valence-corrected chi connectivity index (χ3v) is 3.99. The number of hydrogen-bond donors (Lipinski definition) is 2. The summed E-state index contributed by atoms with van der Waals surface area (Å²) < 4.78 is 0. The minimum absolute atomic E-state index is 0.0899. The van der Waals surface area contributed by atoms with Gasteiger partial charge in [-0.15, -0.1) is 0 Å². The lowest BCUT2D eigenvalue weighted by Crippen LogP contribution is -2.31. The molecule has 0 radical (unpaired) electrons. The molecule has 3 nitrogen and oxygen atoms in total. The van der Waals surface area contributed by atoms with E-state index in [9.17, 15) is 9.90 Å². The second kappa shape index (κ2) is 4.63. The fourth-order valence-corrected chi connectivity index (χ4v) is 2.82. The van der Waals surface area contributed by atoms with Gasteiger partial charge in [0.05, 0.1) is 6.04 Å². The van der Waals surface area contributed by atoms with Crippen molar-refractivity contribution in [1.29, 1.82) is 0 Å². The Balaban J connectivity index is 1.74. The van der Waals surface area contributed by atoms with Crippen molar-refractivity contribution in [2.24, 2.45) is 5.92 Å². The molecule has 0 aliphatic heterocycles. The summed E-state index contributed by atoms with van der Waals surface area (Å²) in [4.78, 5) is 11.9. The Morgan fingerprint density at radius 1 is 1.33 bits per heavy atom. The number of nitrogens with one attached hydrogen (secondary N) is 1. The first kappa shape index (κ1) is 11.6. The lowest BCUT2D eigenvalue weighted by atomic mass is 9.87. The molecule has 96 valence electrons. The van der Waals surface area contributed by atoms with Crippen molar-refractivity contribution in [3.8, 4) is 5.75 Å². The van der Waals surface area contributed by atoms with E-state index in [4.69, 9.17) is 0 Å². The van der Waals surface area contributed by atoms with Crippen LogP contribution in [-0.4, -0.2) is 11.0 Å². The van der Waals surface area contributed by atoms with Gasteiger partial charge in [-0.3, -0.25) is 4.79 Å². The highest BCUT2D eigenvalue weighted by Gasteiger charge is 2.27. The summed E-state index contributed by atoms with van der Waals surface area (Å²) in [5.41, 5.74) is 2.12. The van der Waals surface area contributed by atoms with Crippen molar-refractivity contribution < 1.29 is 9.90 Å². The molecular formula is C15H19NO2. The van der Waals surface area contributed by atoms with Crippen LogP contribution in [0.3, 0.4) is 0 Å². The number of phenols is 1. The van der Waals surface area contributed by atoms with Crippen LogP contribution in [0.2, 0.25) is 0 Å². The van der Waals surface area contributed by atoms with Gasteiger partial charge in [0.2, 0.25) is 5.91 Å². The van der Waals surface area contributed by atoms with Crippen molar-refractivity contribution in [1.82, 2.24) is 5.32 Å². The lowest BCUT2D eigenvalue weighted by Gasteiger charge is -2.27. The molecule has 2 aliphatic carbocycles. The molecule has 1 saturated carbocycles. The van der Waals surface area contributed by atoms with Gasteiger partial charge in [0.25, 0.3) is 0 Å².